The third-order valence-electron chi connectivity index (χ3n) is 4.63. The normalized spacial score (nSPS) is 14.5. The number of primary amides is 1. The van der Waals surface area contributed by atoms with Gasteiger partial charge in [-0.3, -0.25) is 4.79 Å². The summed E-state index contributed by atoms with van der Waals surface area (Å²) in [6.07, 6.45) is 4.76. The van der Waals surface area contributed by atoms with Crippen molar-refractivity contribution in [3.63, 3.8) is 0 Å². The van der Waals surface area contributed by atoms with Gasteiger partial charge in [0.25, 0.3) is 5.91 Å². The van der Waals surface area contributed by atoms with E-state index in [1.165, 1.54) is 25.3 Å². The lowest BCUT2D eigenvalue weighted by atomic mass is 10.0. The van der Waals surface area contributed by atoms with Gasteiger partial charge in [-0.1, -0.05) is 11.8 Å². The molecule has 1 aliphatic rings. The molecule has 0 saturated carbocycles. The van der Waals surface area contributed by atoms with E-state index in [2.05, 4.69) is 21.8 Å². The van der Waals surface area contributed by atoms with E-state index in [4.69, 9.17) is 10.5 Å². The van der Waals surface area contributed by atoms with E-state index in [9.17, 15) is 14.3 Å². The molecule has 3 heterocycles. The summed E-state index contributed by atoms with van der Waals surface area (Å²) in [5.74, 6) is 5.18. The Hall–Kier alpha value is -3.64. The number of aliphatic hydroxyl groups is 1. The maximum Gasteiger partial charge on any atom is 0.268 e. The zero-order valence-corrected chi connectivity index (χ0v) is 15.8. The largest absolute Gasteiger partial charge is 0.491 e. The number of carbonyl (C=O) groups is 1. The maximum atomic E-state index is 14.6. The number of benzene rings is 1. The first-order valence-electron chi connectivity index (χ1n) is 8.83. The fraction of sp³-hybridized carbons (Fsp3) is 0.250. The summed E-state index contributed by atoms with van der Waals surface area (Å²) in [7, 11) is 1.73. The highest BCUT2D eigenvalue weighted by atomic mass is 19.1. The van der Waals surface area contributed by atoms with Gasteiger partial charge in [0.15, 0.2) is 11.4 Å². The lowest BCUT2D eigenvalue weighted by molar-refractivity contribution is 0.0995. The number of hydrogen-bond donors (Lipinski definition) is 2. The number of ether oxygens (including phenoxy) is 1. The number of nitrogens with two attached hydrogens (primary N) is 1. The highest BCUT2D eigenvalue weighted by Crippen LogP contribution is 2.34. The molecule has 0 radical (unpaired) electrons. The molecular weight excluding hydrogens is 377 g/mol. The van der Waals surface area contributed by atoms with Gasteiger partial charge in [0.05, 0.1) is 17.7 Å². The Kier molecular flexibility index (Phi) is 4.36. The standard InChI is InChI=1S/C20H18FN5O3/c1-20(28,19-23-5-6-25(19)2)4-3-12-9-13-16(10-14(12)21)29-8-7-26-11-15(17(22)27)24-18(13)26/h5-6,9-11,28H,7-8H2,1-2H3,(H2,22,27). The number of rotatable bonds is 2. The molecule has 8 nitrogen and oxygen atoms in total. The third-order valence-corrected chi connectivity index (χ3v) is 4.63. The molecule has 3 N–H and O–H groups in total. The number of nitrogens with zero attached hydrogens (tertiary/aromatic N) is 4. The van der Waals surface area contributed by atoms with Gasteiger partial charge in [0.1, 0.15) is 29.7 Å². The van der Waals surface area contributed by atoms with Crippen LogP contribution in [0.3, 0.4) is 0 Å². The molecular formula is C20H18FN5O3. The SMILES string of the molecule is Cn1ccnc1C(C)(O)C#Cc1cc2c(cc1F)OCCn1cc(C(N)=O)nc1-2. The fourth-order valence-electron chi connectivity index (χ4n) is 3.20. The van der Waals surface area contributed by atoms with Gasteiger partial charge in [-0.15, -0.1) is 0 Å². The lowest BCUT2D eigenvalue weighted by Crippen LogP contribution is -2.23. The second kappa shape index (κ2) is 6.76. The van der Waals surface area contributed by atoms with Gasteiger partial charge >= 0.3 is 0 Å². The molecule has 1 atom stereocenters. The highest BCUT2D eigenvalue weighted by Gasteiger charge is 2.26. The van der Waals surface area contributed by atoms with Gasteiger partial charge < -0.3 is 24.7 Å². The van der Waals surface area contributed by atoms with E-state index in [0.717, 1.165) is 0 Å². The first-order valence-corrected chi connectivity index (χ1v) is 8.83. The van der Waals surface area contributed by atoms with Crippen LogP contribution in [-0.2, 0) is 19.2 Å². The van der Waals surface area contributed by atoms with Crippen molar-refractivity contribution >= 4 is 5.91 Å². The van der Waals surface area contributed by atoms with Crippen LogP contribution in [0.2, 0.25) is 0 Å². The highest BCUT2D eigenvalue weighted by molar-refractivity contribution is 5.91. The zero-order chi connectivity index (χ0) is 20.8. The molecule has 0 fully saturated rings. The number of aromatic nitrogens is 4. The molecule has 9 heteroatoms. The first kappa shape index (κ1) is 18.7. The van der Waals surface area contributed by atoms with Gasteiger partial charge in [-0.25, -0.2) is 14.4 Å². The van der Waals surface area contributed by atoms with Crippen LogP contribution in [0.1, 0.15) is 28.8 Å². The molecule has 1 aromatic carbocycles. The maximum absolute atomic E-state index is 14.6. The Morgan fingerprint density at radius 3 is 2.93 bits per heavy atom. The summed E-state index contributed by atoms with van der Waals surface area (Å²) in [5, 5.41) is 10.6. The molecule has 29 heavy (non-hydrogen) atoms. The quantitative estimate of drug-likeness (QED) is 0.634. The predicted octanol–water partition coefficient (Wildman–Crippen LogP) is 1.17. The van der Waals surface area contributed by atoms with Gasteiger partial charge in [0.2, 0.25) is 0 Å². The van der Waals surface area contributed by atoms with Gasteiger partial charge in [0, 0.05) is 31.7 Å². The van der Waals surface area contributed by atoms with Crippen molar-refractivity contribution < 1.29 is 19.0 Å². The van der Waals surface area contributed by atoms with Gasteiger partial charge in [-0.2, -0.15) is 0 Å². The third kappa shape index (κ3) is 3.34. The summed E-state index contributed by atoms with van der Waals surface area (Å²) in [4.78, 5) is 19.8. The van der Waals surface area contributed by atoms with Crippen LogP contribution < -0.4 is 10.5 Å². The average Bonchev–Trinajstić information content (AvgIpc) is 3.24. The van der Waals surface area contributed by atoms with E-state index in [-0.39, 0.29) is 17.9 Å². The van der Waals surface area contributed by atoms with Crippen molar-refractivity contribution in [3.05, 3.63) is 53.6 Å². The summed E-state index contributed by atoms with van der Waals surface area (Å²) in [5.41, 5.74) is 4.40. The summed E-state index contributed by atoms with van der Waals surface area (Å²) < 4.78 is 23.6. The van der Waals surface area contributed by atoms with E-state index in [1.807, 2.05) is 0 Å². The summed E-state index contributed by atoms with van der Waals surface area (Å²) >= 11 is 0. The molecule has 4 rings (SSSR count). The van der Waals surface area contributed by atoms with Crippen molar-refractivity contribution in [1.82, 2.24) is 19.1 Å². The minimum Gasteiger partial charge on any atom is -0.491 e. The topological polar surface area (TPSA) is 108 Å². The monoisotopic (exact) mass is 395 g/mol. The lowest BCUT2D eigenvalue weighted by Gasteiger charge is -2.15. The smallest absolute Gasteiger partial charge is 0.268 e. The average molecular weight is 395 g/mol. The van der Waals surface area contributed by atoms with Crippen molar-refractivity contribution in [1.29, 1.82) is 0 Å². The van der Waals surface area contributed by atoms with E-state index >= 15 is 0 Å². The number of amides is 1. The van der Waals surface area contributed by atoms with Crippen LogP contribution >= 0.6 is 0 Å². The number of imidazole rings is 2. The number of fused-ring (bicyclic) bond motifs is 3. The van der Waals surface area contributed by atoms with E-state index < -0.39 is 17.3 Å². The molecule has 0 spiro atoms. The molecule has 1 unspecified atom stereocenters. The fourth-order valence-corrected chi connectivity index (χ4v) is 3.20. The van der Waals surface area contributed by atoms with Crippen LogP contribution in [-0.4, -0.2) is 36.7 Å². The zero-order valence-electron chi connectivity index (χ0n) is 15.8. The molecule has 148 valence electrons. The Morgan fingerprint density at radius 1 is 1.45 bits per heavy atom. The van der Waals surface area contributed by atoms with Crippen LogP contribution in [0.5, 0.6) is 5.75 Å². The first-order chi connectivity index (χ1) is 13.8. The van der Waals surface area contributed by atoms with Crippen LogP contribution in [0.25, 0.3) is 11.4 Å². The van der Waals surface area contributed by atoms with E-state index in [0.29, 0.717) is 29.5 Å². The van der Waals surface area contributed by atoms with Gasteiger partial charge in [-0.05, 0) is 13.0 Å². The van der Waals surface area contributed by atoms with E-state index in [1.54, 1.807) is 28.6 Å². The number of hydrogen-bond acceptors (Lipinski definition) is 5. The second-order valence-electron chi connectivity index (χ2n) is 6.87. The van der Waals surface area contributed by atoms with Crippen molar-refractivity contribution in [3.8, 4) is 29.0 Å². The predicted molar refractivity (Wildman–Crippen MR) is 101 cm³/mol. The summed E-state index contributed by atoms with van der Waals surface area (Å²) in [6, 6.07) is 2.71. The summed E-state index contributed by atoms with van der Waals surface area (Å²) in [6.45, 7) is 2.20. The number of halogens is 1. The van der Waals surface area contributed by atoms with Crippen LogP contribution in [0.4, 0.5) is 4.39 Å². The Labute approximate surface area is 165 Å². The molecule has 2 aromatic heterocycles. The molecule has 1 aliphatic heterocycles. The number of aryl methyl sites for hydroxylation is 1. The Morgan fingerprint density at radius 2 is 2.24 bits per heavy atom. The molecule has 3 aromatic rings. The Bertz CT molecular complexity index is 1180. The Balaban J connectivity index is 1.80. The van der Waals surface area contributed by atoms with Crippen molar-refractivity contribution in [2.45, 2.75) is 19.1 Å². The molecule has 0 saturated heterocycles. The minimum absolute atomic E-state index is 0.0545. The second-order valence-corrected chi connectivity index (χ2v) is 6.87. The molecule has 0 bridgehead atoms. The number of carbonyl (C=O) groups excluding carboxylic acids is 1. The van der Waals surface area contributed by atoms with Crippen LogP contribution in [0.15, 0.2) is 30.7 Å². The van der Waals surface area contributed by atoms with Crippen LogP contribution in [0, 0.1) is 17.7 Å². The van der Waals surface area contributed by atoms with Crippen molar-refractivity contribution in [2.75, 3.05) is 6.61 Å². The minimum atomic E-state index is -1.58. The molecule has 1 amide bonds. The molecule has 0 aliphatic carbocycles. The van der Waals surface area contributed by atoms with Crippen molar-refractivity contribution in [2.24, 2.45) is 12.8 Å².